The van der Waals surface area contributed by atoms with Crippen LogP contribution in [0.5, 0.6) is 0 Å². The van der Waals surface area contributed by atoms with Gasteiger partial charge in [0.15, 0.2) is 0 Å². The van der Waals surface area contributed by atoms with Crippen LogP contribution in [0, 0.1) is 0 Å². The van der Waals surface area contributed by atoms with Crippen molar-refractivity contribution in [3.63, 3.8) is 0 Å². The number of rotatable bonds is 10. The van der Waals surface area contributed by atoms with Gasteiger partial charge in [0.2, 0.25) is 11.8 Å². The van der Waals surface area contributed by atoms with Crippen molar-refractivity contribution in [2.45, 2.75) is 70.5 Å². The Bertz CT molecular complexity index is 1140. The molecule has 0 spiro atoms. The second-order valence-corrected chi connectivity index (χ2v) is 10.4. The zero-order valence-electron chi connectivity index (χ0n) is 20.8. The van der Waals surface area contributed by atoms with E-state index in [1.54, 1.807) is 42.5 Å². The van der Waals surface area contributed by atoms with E-state index < -0.39 is 6.04 Å². The molecule has 0 aromatic heterocycles. The van der Waals surface area contributed by atoms with Crippen LogP contribution in [-0.2, 0) is 16.1 Å². The number of imide groups is 1. The van der Waals surface area contributed by atoms with Crippen LogP contribution in [0.3, 0.4) is 0 Å². The van der Waals surface area contributed by atoms with Crippen LogP contribution in [0.4, 0.5) is 0 Å². The summed E-state index contributed by atoms with van der Waals surface area (Å²) in [6.45, 7) is 2.07. The van der Waals surface area contributed by atoms with Crippen LogP contribution in [0.25, 0.3) is 0 Å². The Hall–Kier alpha value is -2.90. The third-order valence-corrected chi connectivity index (χ3v) is 7.84. The molecule has 2 aromatic carbocycles. The number of carbonyl (C=O) groups is 4. The minimum atomic E-state index is -0.695. The van der Waals surface area contributed by atoms with Crippen molar-refractivity contribution >= 4 is 46.8 Å². The van der Waals surface area contributed by atoms with Crippen LogP contribution in [0.15, 0.2) is 42.5 Å². The van der Waals surface area contributed by atoms with Crippen LogP contribution < -0.4 is 5.32 Å². The van der Waals surface area contributed by atoms with E-state index in [0.717, 1.165) is 25.7 Å². The normalized spacial score (nSPS) is 16.1. The largest absolute Gasteiger partial charge is 0.352 e. The van der Waals surface area contributed by atoms with E-state index in [4.69, 9.17) is 23.2 Å². The fourth-order valence-electron chi connectivity index (χ4n) is 5.11. The summed E-state index contributed by atoms with van der Waals surface area (Å²) in [5, 5.41) is 3.94. The minimum absolute atomic E-state index is 0.0582. The van der Waals surface area contributed by atoms with E-state index in [-0.39, 0.29) is 55.6 Å². The van der Waals surface area contributed by atoms with Gasteiger partial charge in [0.05, 0.1) is 11.1 Å². The lowest BCUT2D eigenvalue weighted by molar-refractivity contribution is -0.141. The Morgan fingerprint density at radius 1 is 1.00 bits per heavy atom. The van der Waals surface area contributed by atoms with Crippen LogP contribution in [0.1, 0.15) is 78.1 Å². The molecule has 1 saturated carbocycles. The summed E-state index contributed by atoms with van der Waals surface area (Å²) in [5.41, 5.74) is 1.33. The second kappa shape index (κ2) is 12.1. The van der Waals surface area contributed by atoms with Crippen molar-refractivity contribution in [2.75, 3.05) is 6.54 Å². The number of benzene rings is 2. The smallest absolute Gasteiger partial charge is 0.261 e. The molecule has 0 saturated heterocycles. The van der Waals surface area contributed by atoms with Gasteiger partial charge in [-0.15, -0.1) is 0 Å². The number of hydrogen-bond donors (Lipinski definition) is 1. The van der Waals surface area contributed by atoms with Gasteiger partial charge in [-0.1, -0.05) is 61.2 Å². The first-order valence-corrected chi connectivity index (χ1v) is 13.5. The van der Waals surface area contributed by atoms with Crippen molar-refractivity contribution in [1.29, 1.82) is 0 Å². The molecule has 9 heteroatoms. The Balaban J connectivity index is 1.48. The molecule has 2 aromatic rings. The maximum absolute atomic E-state index is 13.5. The van der Waals surface area contributed by atoms with E-state index >= 15 is 0 Å². The summed E-state index contributed by atoms with van der Waals surface area (Å²) < 4.78 is 0. The molecule has 0 radical (unpaired) electrons. The third kappa shape index (κ3) is 5.99. The van der Waals surface area contributed by atoms with Crippen molar-refractivity contribution in [1.82, 2.24) is 15.1 Å². The number of nitrogens with one attached hydrogen (secondary N) is 1. The number of carbonyl (C=O) groups excluding carboxylic acids is 4. The standard InChI is InChI=1S/C28H31Cl2N3O4/c1-2-24(26(35)31-18-9-3-4-10-18)33(17-21-22(29)13-7-14-23(21)30)25(34)15-8-16-32-27(36)19-11-5-6-12-20(19)28(32)37/h5-7,11-14,18,24H,2-4,8-10,15-17H2,1H3,(H,31,35). The highest BCUT2D eigenvalue weighted by Crippen LogP contribution is 2.28. The molecule has 1 aliphatic carbocycles. The topological polar surface area (TPSA) is 86.8 Å². The van der Waals surface area contributed by atoms with Crippen LogP contribution >= 0.6 is 23.2 Å². The molecular formula is C28H31Cl2N3O4. The molecular weight excluding hydrogens is 513 g/mol. The highest BCUT2D eigenvalue weighted by molar-refractivity contribution is 6.36. The van der Waals surface area contributed by atoms with Gasteiger partial charge in [0.1, 0.15) is 6.04 Å². The minimum Gasteiger partial charge on any atom is -0.352 e. The van der Waals surface area contributed by atoms with E-state index in [1.165, 1.54) is 9.80 Å². The Labute approximate surface area is 227 Å². The quantitative estimate of drug-likeness (QED) is 0.415. The van der Waals surface area contributed by atoms with E-state index in [1.807, 2.05) is 6.92 Å². The van der Waals surface area contributed by atoms with Crippen molar-refractivity contribution in [3.8, 4) is 0 Å². The van der Waals surface area contributed by atoms with Gasteiger partial charge >= 0.3 is 0 Å². The molecule has 2 aliphatic rings. The predicted octanol–water partition coefficient (Wildman–Crippen LogP) is 5.24. The predicted molar refractivity (Wildman–Crippen MR) is 143 cm³/mol. The molecule has 1 atom stereocenters. The number of halogens is 2. The fourth-order valence-corrected chi connectivity index (χ4v) is 5.63. The molecule has 1 heterocycles. The van der Waals surface area contributed by atoms with E-state index in [2.05, 4.69) is 5.32 Å². The first kappa shape index (κ1) is 27.1. The van der Waals surface area contributed by atoms with Crippen molar-refractivity contribution in [2.24, 2.45) is 0 Å². The molecule has 1 unspecified atom stereocenters. The molecule has 7 nitrogen and oxygen atoms in total. The highest BCUT2D eigenvalue weighted by atomic mass is 35.5. The Kier molecular flexibility index (Phi) is 8.87. The number of nitrogens with zero attached hydrogens (tertiary/aromatic N) is 2. The van der Waals surface area contributed by atoms with Gasteiger partial charge in [-0.2, -0.15) is 0 Å². The van der Waals surface area contributed by atoms with E-state index in [0.29, 0.717) is 33.2 Å². The van der Waals surface area contributed by atoms with Crippen molar-refractivity contribution in [3.05, 3.63) is 69.2 Å². The summed E-state index contributed by atoms with van der Waals surface area (Å²) in [5.74, 6) is -1.16. The van der Waals surface area contributed by atoms with Gasteiger partial charge in [-0.3, -0.25) is 24.1 Å². The fraction of sp³-hybridized carbons (Fsp3) is 0.429. The third-order valence-electron chi connectivity index (χ3n) is 7.13. The number of hydrogen-bond acceptors (Lipinski definition) is 4. The van der Waals surface area contributed by atoms with Crippen molar-refractivity contribution < 1.29 is 19.2 Å². The maximum Gasteiger partial charge on any atom is 0.261 e. The van der Waals surface area contributed by atoms with Gasteiger partial charge in [0.25, 0.3) is 11.8 Å². The maximum atomic E-state index is 13.5. The van der Waals surface area contributed by atoms with Gasteiger partial charge < -0.3 is 10.2 Å². The number of amides is 4. The number of fused-ring (bicyclic) bond motifs is 1. The molecule has 0 bridgehead atoms. The Morgan fingerprint density at radius 2 is 1.59 bits per heavy atom. The van der Waals surface area contributed by atoms with Crippen LogP contribution in [0.2, 0.25) is 10.0 Å². The van der Waals surface area contributed by atoms with E-state index in [9.17, 15) is 19.2 Å². The first-order chi connectivity index (χ1) is 17.8. The SMILES string of the molecule is CCC(C(=O)NC1CCCC1)N(Cc1c(Cl)cccc1Cl)C(=O)CCCN1C(=O)c2ccccc2C1=O. The first-order valence-electron chi connectivity index (χ1n) is 12.8. The monoisotopic (exact) mass is 543 g/mol. The zero-order valence-corrected chi connectivity index (χ0v) is 22.4. The highest BCUT2D eigenvalue weighted by Gasteiger charge is 2.35. The average molecular weight is 544 g/mol. The summed E-state index contributed by atoms with van der Waals surface area (Å²) in [7, 11) is 0. The zero-order chi connectivity index (χ0) is 26.5. The van der Waals surface area contributed by atoms with Gasteiger partial charge in [0, 0.05) is 41.2 Å². The summed E-state index contributed by atoms with van der Waals surface area (Å²) in [4.78, 5) is 54.8. The molecule has 4 amide bonds. The summed E-state index contributed by atoms with van der Waals surface area (Å²) in [6.07, 6.45) is 4.79. The summed E-state index contributed by atoms with van der Waals surface area (Å²) in [6, 6.07) is 11.3. The molecule has 37 heavy (non-hydrogen) atoms. The molecule has 1 aliphatic heterocycles. The lowest BCUT2D eigenvalue weighted by Gasteiger charge is -2.32. The average Bonchev–Trinajstić information content (AvgIpc) is 3.48. The molecule has 196 valence electrons. The summed E-state index contributed by atoms with van der Waals surface area (Å²) >= 11 is 12.8. The molecule has 4 rings (SSSR count). The van der Waals surface area contributed by atoms with Crippen LogP contribution in [-0.4, -0.2) is 52.1 Å². The van der Waals surface area contributed by atoms with Gasteiger partial charge in [-0.05, 0) is 49.9 Å². The molecule has 1 N–H and O–H groups in total. The molecule has 1 fully saturated rings. The van der Waals surface area contributed by atoms with Gasteiger partial charge in [-0.25, -0.2) is 0 Å². The second-order valence-electron chi connectivity index (χ2n) is 9.55. The Morgan fingerprint density at radius 3 is 2.16 bits per heavy atom. The lowest BCUT2D eigenvalue weighted by Crippen LogP contribution is -2.51. The lowest BCUT2D eigenvalue weighted by atomic mass is 10.1.